The lowest BCUT2D eigenvalue weighted by atomic mass is 10.0. The van der Waals surface area contributed by atoms with E-state index in [0.29, 0.717) is 31.3 Å². The van der Waals surface area contributed by atoms with E-state index in [4.69, 9.17) is 22.1 Å². The van der Waals surface area contributed by atoms with Gasteiger partial charge in [0.15, 0.2) is 0 Å². The van der Waals surface area contributed by atoms with E-state index in [0.717, 1.165) is 47.7 Å². The zero-order valence-corrected chi connectivity index (χ0v) is 20.9. The van der Waals surface area contributed by atoms with Crippen LogP contribution < -0.4 is 10.6 Å². The number of methoxy groups -OCH3 is 1. The van der Waals surface area contributed by atoms with Crippen LogP contribution in [0.1, 0.15) is 11.1 Å². The van der Waals surface area contributed by atoms with Crippen molar-refractivity contribution in [2.75, 3.05) is 38.2 Å². The third kappa shape index (κ3) is 5.84. The van der Waals surface area contributed by atoms with Crippen molar-refractivity contribution in [3.05, 3.63) is 89.0 Å². The van der Waals surface area contributed by atoms with Gasteiger partial charge in [-0.1, -0.05) is 41.9 Å². The lowest BCUT2D eigenvalue weighted by Gasteiger charge is -2.33. The van der Waals surface area contributed by atoms with Crippen LogP contribution in [0.5, 0.6) is 0 Å². The Bertz CT molecular complexity index is 1310. The number of piperazine rings is 1. The van der Waals surface area contributed by atoms with E-state index in [2.05, 4.69) is 9.88 Å². The van der Waals surface area contributed by atoms with Crippen LogP contribution in [0, 0.1) is 5.82 Å². The molecular formula is C27H29ClFN5O2. The van der Waals surface area contributed by atoms with Crippen molar-refractivity contribution in [2.45, 2.75) is 13.2 Å². The lowest BCUT2D eigenvalue weighted by Crippen LogP contribution is -2.46. The molecule has 1 fully saturated rings. The molecule has 7 nitrogen and oxygen atoms in total. The third-order valence-electron chi connectivity index (χ3n) is 6.10. The van der Waals surface area contributed by atoms with Crippen LogP contribution in [-0.2, 0) is 22.7 Å². The largest absolute Gasteiger partial charge is 0.380 e. The minimum Gasteiger partial charge on any atom is -0.380 e. The number of imidazole rings is 1. The number of hydrogen-bond donors (Lipinski definition) is 1. The van der Waals surface area contributed by atoms with Gasteiger partial charge in [-0.2, -0.15) is 0 Å². The molecule has 2 aromatic carbocycles. The van der Waals surface area contributed by atoms with Crippen LogP contribution in [0.4, 0.5) is 10.2 Å². The number of ether oxygens (including phenoxy) is 1. The van der Waals surface area contributed by atoms with E-state index in [-0.39, 0.29) is 5.82 Å². The van der Waals surface area contributed by atoms with Gasteiger partial charge in [0.05, 0.1) is 17.8 Å². The predicted octanol–water partition coefficient (Wildman–Crippen LogP) is 4.36. The van der Waals surface area contributed by atoms with Crippen molar-refractivity contribution in [3.63, 3.8) is 0 Å². The number of pyridine rings is 1. The van der Waals surface area contributed by atoms with E-state index in [9.17, 15) is 9.18 Å². The Morgan fingerprint density at radius 1 is 1.08 bits per heavy atom. The molecule has 2 aromatic heterocycles. The number of rotatable bonds is 6. The highest BCUT2D eigenvalue weighted by molar-refractivity contribution is 6.33. The first kappa shape index (κ1) is 25.6. The third-order valence-corrected chi connectivity index (χ3v) is 6.41. The number of carbonyl (C=O) groups excluding carboxylic acids is 1. The summed E-state index contributed by atoms with van der Waals surface area (Å²) in [6.07, 6.45) is 4.65. The van der Waals surface area contributed by atoms with Crippen molar-refractivity contribution in [3.8, 4) is 11.1 Å². The Morgan fingerprint density at radius 3 is 2.47 bits per heavy atom. The molecule has 1 amide bonds. The number of amides is 1. The van der Waals surface area contributed by atoms with Crippen molar-refractivity contribution in [1.29, 1.82) is 0 Å². The van der Waals surface area contributed by atoms with Gasteiger partial charge in [0.1, 0.15) is 17.3 Å². The second-order valence-corrected chi connectivity index (χ2v) is 8.84. The normalized spacial score (nSPS) is 13.4. The fourth-order valence-corrected chi connectivity index (χ4v) is 4.47. The first-order valence-electron chi connectivity index (χ1n) is 11.7. The summed E-state index contributed by atoms with van der Waals surface area (Å²) in [5.41, 5.74) is 10.4. The Morgan fingerprint density at radius 2 is 1.83 bits per heavy atom. The van der Waals surface area contributed by atoms with Crippen LogP contribution in [0.3, 0.4) is 0 Å². The molecule has 0 unspecified atom stereocenters. The van der Waals surface area contributed by atoms with Gasteiger partial charge in [-0.05, 0) is 35.4 Å². The van der Waals surface area contributed by atoms with Crippen molar-refractivity contribution >= 4 is 29.5 Å². The monoisotopic (exact) mass is 509 g/mol. The van der Waals surface area contributed by atoms with E-state index in [1.165, 1.54) is 17.7 Å². The molecule has 0 bridgehead atoms. The number of carbonyl (C=O) groups is 1. The number of nitrogens with zero attached hydrogens (tertiary/aromatic N) is 4. The Kier molecular flexibility index (Phi) is 8.53. The number of halogens is 2. The predicted molar refractivity (Wildman–Crippen MR) is 140 cm³/mol. The summed E-state index contributed by atoms with van der Waals surface area (Å²) >= 11 is 6.28. The molecule has 0 atom stereocenters. The molecule has 5 rings (SSSR count). The number of anilines is 1. The first-order chi connectivity index (χ1) is 17.5. The average molecular weight is 510 g/mol. The summed E-state index contributed by atoms with van der Waals surface area (Å²) in [6, 6.07) is 16.4. The van der Waals surface area contributed by atoms with E-state index in [1.807, 2.05) is 53.2 Å². The highest BCUT2D eigenvalue weighted by Crippen LogP contribution is 2.33. The minimum atomic E-state index is -0.379. The Labute approximate surface area is 214 Å². The summed E-state index contributed by atoms with van der Waals surface area (Å²) in [7, 11) is 1.70. The van der Waals surface area contributed by atoms with Crippen molar-refractivity contribution in [2.24, 2.45) is 5.73 Å². The second-order valence-electron chi connectivity index (χ2n) is 8.43. The summed E-state index contributed by atoms with van der Waals surface area (Å²) in [4.78, 5) is 19.4. The van der Waals surface area contributed by atoms with Crippen LogP contribution >= 0.6 is 11.6 Å². The maximum atomic E-state index is 13.5. The van der Waals surface area contributed by atoms with Crippen LogP contribution in [-0.4, -0.2) is 54.0 Å². The standard InChI is InChI=1S/C19H19ClFN5O.C8H10O/c20-17-8-14(21)1-2-15(17)16-11-26-18(7-13(16)9-22)23-10-19(26)25-5-3-24(12-27)4-6-25;1-9-7-8-5-3-2-4-6-8/h1-2,7-8,10-12H,3-6,9,22H2;2-6H,7H2,1H3. The summed E-state index contributed by atoms with van der Waals surface area (Å²) in [5, 5.41) is 0.338. The fourth-order valence-electron chi connectivity index (χ4n) is 4.20. The molecule has 0 saturated carbocycles. The van der Waals surface area contributed by atoms with E-state index in [1.54, 1.807) is 18.1 Å². The summed E-state index contributed by atoms with van der Waals surface area (Å²) < 4.78 is 20.4. The number of aromatic nitrogens is 2. The van der Waals surface area contributed by atoms with E-state index >= 15 is 0 Å². The van der Waals surface area contributed by atoms with Gasteiger partial charge >= 0.3 is 0 Å². The molecule has 0 aliphatic carbocycles. The number of nitrogens with two attached hydrogens (primary N) is 1. The highest BCUT2D eigenvalue weighted by Gasteiger charge is 2.20. The molecule has 9 heteroatoms. The number of hydrogen-bond acceptors (Lipinski definition) is 5. The topological polar surface area (TPSA) is 76.1 Å². The van der Waals surface area contributed by atoms with Gasteiger partial charge in [0.25, 0.3) is 0 Å². The zero-order chi connectivity index (χ0) is 25.5. The van der Waals surface area contributed by atoms with Gasteiger partial charge in [0.2, 0.25) is 6.41 Å². The van der Waals surface area contributed by atoms with Gasteiger partial charge in [0, 0.05) is 57.2 Å². The molecule has 0 spiro atoms. The van der Waals surface area contributed by atoms with Crippen molar-refractivity contribution in [1.82, 2.24) is 14.3 Å². The molecule has 188 valence electrons. The molecule has 0 radical (unpaired) electrons. The van der Waals surface area contributed by atoms with Crippen LogP contribution in [0.15, 0.2) is 67.0 Å². The number of fused-ring (bicyclic) bond motifs is 1. The van der Waals surface area contributed by atoms with Gasteiger partial charge < -0.3 is 20.3 Å². The van der Waals surface area contributed by atoms with Crippen molar-refractivity contribution < 1.29 is 13.9 Å². The second kappa shape index (κ2) is 12.0. The Balaban J connectivity index is 0.000000286. The molecule has 4 aromatic rings. The van der Waals surface area contributed by atoms with Gasteiger partial charge in [-0.3, -0.25) is 9.20 Å². The summed E-state index contributed by atoms with van der Waals surface area (Å²) in [6.45, 7) is 3.85. The average Bonchev–Trinajstić information content (AvgIpc) is 3.32. The highest BCUT2D eigenvalue weighted by atomic mass is 35.5. The van der Waals surface area contributed by atoms with Gasteiger partial charge in [-0.15, -0.1) is 0 Å². The molecule has 1 aliphatic heterocycles. The SMILES string of the molecule is COCc1ccccc1.NCc1cc2ncc(N3CCN(C=O)CC3)n2cc1-c1ccc(F)cc1Cl. The molecular weight excluding hydrogens is 481 g/mol. The smallest absolute Gasteiger partial charge is 0.209 e. The molecule has 36 heavy (non-hydrogen) atoms. The fraction of sp³-hybridized carbons (Fsp3) is 0.259. The molecule has 1 aliphatic rings. The maximum Gasteiger partial charge on any atom is 0.209 e. The Hall–Kier alpha value is -3.46. The first-order valence-corrected chi connectivity index (χ1v) is 12.0. The molecule has 2 N–H and O–H groups in total. The summed E-state index contributed by atoms with van der Waals surface area (Å²) in [5.74, 6) is 0.564. The maximum absolute atomic E-state index is 13.5. The molecule has 3 heterocycles. The quantitative estimate of drug-likeness (QED) is 0.391. The van der Waals surface area contributed by atoms with Gasteiger partial charge in [-0.25, -0.2) is 9.37 Å². The zero-order valence-electron chi connectivity index (χ0n) is 20.1. The van der Waals surface area contributed by atoms with E-state index < -0.39 is 0 Å². The minimum absolute atomic E-state index is 0.319. The van der Waals surface area contributed by atoms with Crippen LogP contribution in [0.25, 0.3) is 16.8 Å². The number of benzene rings is 2. The lowest BCUT2D eigenvalue weighted by molar-refractivity contribution is -0.118. The van der Waals surface area contributed by atoms with Crippen LogP contribution in [0.2, 0.25) is 5.02 Å². The molecule has 1 saturated heterocycles.